The van der Waals surface area contributed by atoms with Gasteiger partial charge in [-0.2, -0.15) is 10.5 Å². The largest absolute Gasteiger partial charge is 0.495 e. The van der Waals surface area contributed by atoms with Gasteiger partial charge in [0, 0.05) is 11.9 Å². The SMILES string of the molecule is COc1ccccc1NC(=O)/C(C#N)=C\Nc1ccc(C#N)cc1. The maximum Gasteiger partial charge on any atom is 0.267 e. The zero-order chi connectivity index (χ0) is 17.4. The van der Waals surface area contributed by atoms with Crippen LogP contribution in [0.1, 0.15) is 5.56 Å². The van der Waals surface area contributed by atoms with Gasteiger partial charge in [0.2, 0.25) is 0 Å². The van der Waals surface area contributed by atoms with Gasteiger partial charge in [0.05, 0.1) is 24.4 Å². The molecule has 0 spiro atoms. The van der Waals surface area contributed by atoms with Gasteiger partial charge in [0.15, 0.2) is 0 Å². The van der Waals surface area contributed by atoms with E-state index in [0.29, 0.717) is 22.7 Å². The van der Waals surface area contributed by atoms with Gasteiger partial charge in [-0.05, 0) is 36.4 Å². The van der Waals surface area contributed by atoms with E-state index in [4.69, 9.17) is 15.3 Å². The Labute approximate surface area is 139 Å². The second kappa shape index (κ2) is 8.02. The van der Waals surface area contributed by atoms with E-state index in [9.17, 15) is 4.79 Å². The number of rotatable bonds is 5. The fourth-order valence-electron chi connectivity index (χ4n) is 1.88. The summed E-state index contributed by atoms with van der Waals surface area (Å²) in [6, 6.07) is 17.4. The number of carbonyl (C=O) groups excluding carboxylic acids is 1. The van der Waals surface area contributed by atoms with Crippen LogP contribution in [0.4, 0.5) is 11.4 Å². The molecule has 6 heteroatoms. The zero-order valence-electron chi connectivity index (χ0n) is 12.9. The van der Waals surface area contributed by atoms with Crippen molar-refractivity contribution in [3.05, 3.63) is 65.9 Å². The molecule has 0 radical (unpaired) electrons. The minimum absolute atomic E-state index is 0.0923. The quantitative estimate of drug-likeness (QED) is 0.652. The molecule has 2 N–H and O–H groups in total. The molecule has 0 aliphatic rings. The Morgan fingerprint density at radius 2 is 1.83 bits per heavy atom. The van der Waals surface area contributed by atoms with Crippen molar-refractivity contribution in [3.63, 3.8) is 0 Å². The molecule has 0 heterocycles. The molecule has 0 aliphatic heterocycles. The van der Waals surface area contributed by atoms with Crippen LogP contribution in [0.2, 0.25) is 0 Å². The van der Waals surface area contributed by atoms with Crippen LogP contribution in [0, 0.1) is 22.7 Å². The third kappa shape index (κ3) is 4.12. The highest BCUT2D eigenvalue weighted by atomic mass is 16.5. The van der Waals surface area contributed by atoms with Crippen molar-refractivity contribution in [1.82, 2.24) is 0 Å². The van der Waals surface area contributed by atoms with Gasteiger partial charge < -0.3 is 15.4 Å². The predicted octanol–water partition coefficient (Wildman–Crippen LogP) is 3.02. The van der Waals surface area contributed by atoms with Gasteiger partial charge in [-0.1, -0.05) is 12.1 Å². The van der Waals surface area contributed by atoms with Gasteiger partial charge >= 0.3 is 0 Å². The molecule has 2 aromatic rings. The highest BCUT2D eigenvalue weighted by molar-refractivity contribution is 6.07. The first-order valence-electron chi connectivity index (χ1n) is 6.99. The van der Waals surface area contributed by atoms with Crippen molar-refractivity contribution in [1.29, 1.82) is 10.5 Å². The lowest BCUT2D eigenvalue weighted by molar-refractivity contribution is -0.112. The molecule has 0 atom stereocenters. The van der Waals surface area contributed by atoms with Gasteiger partial charge in [0.1, 0.15) is 17.4 Å². The number of nitriles is 2. The lowest BCUT2D eigenvalue weighted by atomic mass is 10.2. The molecule has 0 saturated heterocycles. The molecule has 24 heavy (non-hydrogen) atoms. The van der Waals surface area contributed by atoms with Crippen molar-refractivity contribution in [2.75, 3.05) is 17.7 Å². The summed E-state index contributed by atoms with van der Waals surface area (Å²) in [6.45, 7) is 0. The maximum absolute atomic E-state index is 12.2. The number of benzene rings is 2. The summed E-state index contributed by atoms with van der Waals surface area (Å²) in [5, 5.41) is 23.4. The van der Waals surface area contributed by atoms with E-state index in [0.717, 1.165) is 0 Å². The standard InChI is InChI=1S/C18H14N4O2/c1-24-17-5-3-2-4-16(17)22-18(23)14(11-20)12-21-15-8-6-13(10-19)7-9-15/h2-9,12,21H,1H3,(H,22,23)/b14-12-. The summed E-state index contributed by atoms with van der Waals surface area (Å²) in [6.07, 6.45) is 1.31. The van der Waals surface area contributed by atoms with Crippen LogP contribution in [-0.4, -0.2) is 13.0 Å². The molecule has 118 valence electrons. The molecule has 0 fully saturated rings. The smallest absolute Gasteiger partial charge is 0.267 e. The summed E-state index contributed by atoms with van der Waals surface area (Å²) in [7, 11) is 1.50. The van der Waals surface area contributed by atoms with Gasteiger partial charge in [-0.25, -0.2) is 0 Å². The highest BCUT2D eigenvalue weighted by Crippen LogP contribution is 2.23. The summed E-state index contributed by atoms with van der Waals surface area (Å²) in [5.41, 5.74) is 1.57. The number of para-hydroxylation sites is 2. The predicted molar refractivity (Wildman–Crippen MR) is 90.1 cm³/mol. The van der Waals surface area contributed by atoms with E-state index in [2.05, 4.69) is 10.6 Å². The van der Waals surface area contributed by atoms with Crippen LogP contribution < -0.4 is 15.4 Å². The van der Waals surface area contributed by atoms with Crippen molar-refractivity contribution < 1.29 is 9.53 Å². The molecule has 0 aromatic heterocycles. The first-order valence-corrected chi connectivity index (χ1v) is 6.99. The normalized spacial score (nSPS) is 10.2. The Morgan fingerprint density at radius 1 is 1.12 bits per heavy atom. The van der Waals surface area contributed by atoms with E-state index in [-0.39, 0.29) is 5.57 Å². The van der Waals surface area contributed by atoms with E-state index in [1.807, 2.05) is 12.1 Å². The van der Waals surface area contributed by atoms with Crippen LogP contribution >= 0.6 is 0 Å². The molecule has 0 aliphatic carbocycles. The van der Waals surface area contributed by atoms with Crippen molar-refractivity contribution in [2.45, 2.75) is 0 Å². The second-order valence-electron chi connectivity index (χ2n) is 4.66. The van der Waals surface area contributed by atoms with Crippen LogP contribution in [0.5, 0.6) is 5.75 Å². The Morgan fingerprint density at radius 3 is 2.46 bits per heavy atom. The number of hydrogen-bond donors (Lipinski definition) is 2. The molecule has 2 rings (SSSR count). The summed E-state index contributed by atoms with van der Waals surface area (Å²) in [4.78, 5) is 12.2. The monoisotopic (exact) mass is 318 g/mol. The number of nitrogens with one attached hydrogen (secondary N) is 2. The lowest BCUT2D eigenvalue weighted by Gasteiger charge is -2.09. The number of ether oxygens (including phenoxy) is 1. The average molecular weight is 318 g/mol. The summed E-state index contributed by atoms with van der Waals surface area (Å²) < 4.78 is 5.15. The van der Waals surface area contributed by atoms with E-state index < -0.39 is 5.91 Å². The topological polar surface area (TPSA) is 97.9 Å². The van der Waals surface area contributed by atoms with Crippen molar-refractivity contribution in [3.8, 4) is 17.9 Å². The van der Waals surface area contributed by atoms with Gasteiger partial charge in [-0.3, -0.25) is 4.79 Å². The summed E-state index contributed by atoms with van der Waals surface area (Å²) >= 11 is 0. The molecule has 6 nitrogen and oxygen atoms in total. The Hall–Kier alpha value is -3.77. The fraction of sp³-hybridized carbons (Fsp3) is 0.0556. The molecular formula is C18H14N4O2. The Balaban J connectivity index is 2.10. The molecule has 0 unspecified atom stereocenters. The number of carbonyl (C=O) groups is 1. The van der Waals surface area contributed by atoms with E-state index >= 15 is 0 Å². The molecule has 2 aromatic carbocycles. The number of methoxy groups -OCH3 is 1. The number of amides is 1. The Bertz CT molecular complexity index is 843. The highest BCUT2D eigenvalue weighted by Gasteiger charge is 2.11. The van der Waals surface area contributed by atoms with Gasteiger partial charge in [-0.15, -0.1) is 0 Å². The van der Waals surface area contributed by atoms with Gasteiger partial charge in [0.25, 0.3) is 5.91 Å². The molecule has 0 bridgehead atoms. The first kappa shape index (κ1) is 16.6. The van der Waals surface area contributed by atoms with Crippen LogP contribution in [0.25, 0.3) is 0 Å². The first-order chi connectivity index (χ1) is 11.7. The fourth-order valence-corrected chi connectivity index (χ4v) is 1.88. The van der Waals surface area contributed by atoms with Crippen molar-refractivity contribution in [2.24, 2.45) is 0 Å². The van der Waals surface area contributed by atoms with Crippen LogP contribution in [-0.2, 0) is 4.79 Å². The summed E-state index contributed by atoms with van der Waals surface area (Å²) in [5.74, 6) is -0.0497. The Kier molecular flexibility index (Phi) is 5.55. The number of hydrogen-bond acceptors (Lipinski definition) is 5. The minimum atomic E-state index is -0.553. The van der Waals surface area contributed by atoms with Crippen molar-refractivity contribution >= 4 is 17.3 Å². The van der Waals surface area contributed by atoms with Crippen LogP contribution in [0.15, 0.2) is 60.3 Å². The number of anilines is 2. The number of nitrogens with zero attached hydrogens (tertiary/aromatic N) is 2. The van der Waals surface area contributed by atoms with E-state index in [1.54, 1.807) is 48.5 Å². The third-order valence-corrected chi connectivity index (χ3v) is 3.12. The maximum atomic E-state index is 12.2. The minimum Gasteiger partial charge on any atom is -0.495 e. The average Bonchev–Trinajstić information content (AvgIpc) is 2.63. The third-order valence-electron chi connectivity index (χ3n) is 3.12. The second-order valence-corrected chi connectivity index (χ2v) is 4.66. The lowest BCUT2D eigenvalue weighted by Crippen LogP contribution is -2.15. The van der Waals surface area contributed by atoms with E-state index in [1.165, 1.54) is 13.3 Å². The molecule has 1 amide bonds. The molecular weight excluding hydrogens is 304 g/mol. The van der Waals surface area contributed by atoms with Crippen LogP contribution in [0.3, 0.4) is 0 Å². The zero-order valence-corrected chi connectivity index (χ0v) is 12.9. The molecule has 0 saturated carbocycles.